The molecule has 0 atom stereocenters. The van der Waals surface area contributed by atoms with Gasteiger partial charge >= 0.3 is 183 Å². The van der Waals surface area contributed by atoms with E-state index in [2.05, 4.69) is 40.1 Å². The van der Waals surface area contributed by atoms with Gasteiger partial charge in [0.2, 0.25) is 0 Å². The van der Waals surface area contributed by atoms with Crippen LogP contribution in [0, 0.1) is 0 Å². The molecule has 7 nitrogen and oxygen atoms in total. The minimum atomic E-state index is -0.111. The van der Waals surface area contributed by atoms with Crippen molar-refractivity contribution >= 4 is 24.4 Å². The predicted octanol–water partition coefficient (Wildman–Crippen LogP) is 2.68. The summed E-state index contributed by atoms with van der Waals surface area (Å²) in [5.74, 6) is 1.71. The van der Waals surface area contributed by atoms with Crippen molar-refractivity contribution in [2.45, 2.75) is 25.9 Å². The average molecular weight is 519 g/mol. The first-order valence-electron chi connectivity index (χ1n) is 11.5. The van der Waals surface area contributed by atoms with Gasteiger partial charge in [0.05, 0.1) is 0 Å². The standard InChI is InChI=1S/C25H33N3O4Se/c1-30-21-17-20-24(23(32-3)22(21)31-2)33-28(25(20)29)12-8-7-11-26-13-15-27(16-14-26)18-19-9-5-4-6-10-19/h4-6,9-10,17H,7-8,11-16,18H2,1-3H3. The van der Waals surface area contributed by atoms with Crippen LogP contribution in [0.25, 0.3) is 9.65 Å². The Labute approximate surface area is 201 Å². The third kappa shape index (κ3) is 5.46. The molecule has 1 aromatic heterocycles. The van der Waals surface area contributed by atoms with Crippen molar-refractivity contribution in [1.29, 1.82) is 0 Å². The normalized spacial score (nSPS) is 15.1. The molecule has 0 radical (unpaired) electrons. The van der Waals surface area contributed by atoms with Crippen LogP contribution in [-0.2, 0) is 13.1 Å². The number of ether oxygens (including phenoxy) is 3. The van der Waals surface area contributed by atoms with Crippen LogP contribution in [0.15, 0.2) is 41.2 Å². The number of hydrogen-bond acceptors (Lipinski definition) is 6. The van der Waals surface area contributed by atoms with Crippen LogP contribution in [0.5, 0.6) is 17.2 Å². The summed E-state index contributed by atoms with van der Waals surface area (Å²) in [6, 6.07) is 12.5. The molecule has 178 valence electrons. The Bertz CT molecular complexity index is 1100. The van der Waals surface area contributed by atoms with Crippen LogP contribution in [0.4, 0.5) is 0 Å². The van der Waals surface area contributed by atoms with Gasteiger partial charge in [-0.2, -0.15) is 0 Å². The SMILES string of the molecule is COc1cc2c(=O)n(CCCCN3CCN(Cc4ccccc4)CC3)[se]c2c(OC)c1OC. The zero-order chi connectivity index (χ0) is 23.2. The van der Waals surface area contributed by atoms with Gasteiger partial charge in [0.15, 0.2) is 0 Å². The molecule has 0 N–H and O–H groups in total. The minimum absolute atomic E-state index is 0.0683. The quantitative estimate of drug-likeness (QED) is 0.304. The van der Waals surface area contributed by atoms with Crippen LogP contribution in [-0.4, -0.2) is 82.1 Å². The van der Waals surface area contributed by atoms with E-state index in [-0.39, 0.29) is 20.3 Å². The molecule has 33 heavy (non-hydrogen) atoms. The summed E-state index contributed by atoms with van der Waals surface area (Å²) in [4.78, 5) is 18.1. The summed E-state index contributed by atoms with van der Waals surface area (Å²) < 4.78 is 19.4. The Morgan fingerprint density at radius 3 is 2.18 bits per heavy atom. The number of nitrogens with zero attached hydrogens (tertiary/aromatic N) is 3. The molecule has 0 aliphatic carbocycles. The molecule has 0 spiro atoms. The number of benzene rings is 2. The summed E-state index contributed by atoms with van der Waals surface area (Å²) in [7, 11) is 4.78. The number of rotatable bonds is 10. The number of aryl methyl sites for hydroxylation is 1. The molecular formula is C25H33N3O4Se. The van der Waals surface area contributed by atoms with E-state index in [0.29, 0.717) is 22.6 Å². The fraction of sp³-hybridized carbons (Fsp3) is 0.480. The van der Waals surface area contributed by atoms with Crippen LogP contribution in [0.1, 0.15) is 18.4 Å². The van der Waals surface area contributed by atoms with Crippen LogP contribution < -0.4 is 19.8 Å². The molecule has 1 saturated heterocycles. The number of fused-ring (bicyclic) bond motifs is 1. The second-order valence-corrected chi connectivity index (χ2v) is 10.5. The van der Waals surface area contributed by atoms with Crippen molar-refractivity contribution < 1.29 is 14.2 Å². The Morgan fingerprint density at radius 2 is 1.52 bits per heavy atom. The Balaban J connectivity index is 1.29. The van der Waals surface area contributed by atoms with Gasteiger partial charge < -0.3 is 0 Å². The summed E-state index contributed by atoms with van der Waals surface area (Å²) >= 11 is -0.111. The topological polar surface area (TPSA) is 56.2 Å². The first kappa shape index (κ1) is 23.9. The van der Waals surface area contributed by atoms with E-state index in [1.807, 2.05) is 3.56 Å². The van der Waals surface area contributed by atoms with Gasteiger partial charge in [0.1, 0.15) is 0 Å². The van der Waals surface area contributed by atoms with E-state index in [4.69, 9.17) is 14.2 Å². The van der Waals surface area contributed by atoms with E-state index >= 15 is 0 Å². The monoisotopic (exact) mass is 519 g/mol. The number of aromatic nitrogens is 1. The van der Waals surface area contributed by atoms with Gasteiger partial charge in [-0.05, 0) is 0 Å². The third-order valence-corrected chi connectivity index (χ3v) is 8.67. The Kier molecular flexibility index (Phi) is 8.15. The summed E-state index contributed by atoms with van der Waals surface area (Å²) in [6.45, 7) is 7.35. The van der Waals surface area contributed by atoms with E-state index in [1.165, 1.54) is 5.56 Å². The van der Waals surface area contributed by atoms with E-state index in [1.54, 1.807) is 27.4 Å². The first-order valence-corrected chi connectivity index (χ1v) is 13.1. The zero-order valence-corrected chi connectivity index (χ0v) is 21.4. The van der Waals surface area contributed by atoms with Crippen molar-refractivity contribution in [3.05, 3.63) is 52.3 Å². The molecule has 1 aliphatic rings. The van der Waals surface area contributed by atoms with E-state index in [9.17, 15) is 4.79 Å². The maximum atomic E-state index is 13.0. The second-order valence-electron chi connectivity index (χ2n) is 8.33. The van der Waals surface area contributed by atoms with Crippen LogP contribution in [0.2, 0.25) is 0 Å². The van der Waals surface area contributed by atoms with E-state index < -0.39 is 0 Å². The zero-order valence-electron chi connectivity index (χ0n) is 19.7. The number of methoxy groups -OCH3 is 3. The molecule has 8 heteroatoms. The molecule has 0 saturated carbocycles. The molecule has 0 amide bonds. The Hall–Kier alpha value is -2.25. The van der Waals surface area contributed by atoms with Crippen molar-refractivity contribution in [2.24, 2.45) is 0 Å². The van der Waals surface area contributed by atoms with E-state index in [0.717, 1.165) is 62.9 Å². The summed E-state index contributed by atoms with van der Waals surface area (Å²) in [5, 5.41) is 0.680. The fourth-order valence-corrected chi connectivity index (χ4v) is 6.78. The molecule has 1 aliphatic heterocycles. The molecule has 0 unspecified atom stereocenters. The van der Waals surface area contributed by atoms with Crippen molar-refractivity contribution in [2.75, 3.05) is 54.1 Å². The van der Waals surface area contributed by atoms with Crippen LogP contribution in [0.3, 0.4) is 0 Å². The van der Waals surface area contributed by atoms with Gasteiger partial charge in [0.25, 0.3) is 0 Å². The number of hydrogen-bond donors (Lipinski definition) is 0. The predicted molar refractivity (Wildman–Crippen MR) is 132 cm³/mol. The number of piperazine rings is 1. The summed E-state index contributed by atoms with van der Waals surface area (Å²) in [5.41, 5.74) is 1.45. The van der Waals surface area contributed by atoms with Gasteiger partial charge in [-0.15, -0.1) is 0 Å². The molecule has 4 rings (SSSR count). The third-order valence-electron chi connectivity index (χ3n) is 6.24. The molecule has 3 aromatic rings. The molecule has 2 heterocycles. The van der Waals surface area contributed by atoms with Gasteiger partial charge in [0, 0.05) is 0 Å². The molecule has 0 bridgehead atoms. The van der Waals surface area contributed by atoms with Gasteiger partial charge in [-0.25, -0.2) is 0 Å². The van der Waals surface area contributed by atoms with Crippen molar-refractivity contribution in [3.8, 4) is 17.2 Å². The van der Waals surface area contributed by atoms with Crippen molar-refractivity contribution in [3.63, 3.8) is 0 Å². The maximum absolute atomic E-state index is 13.0. The Morgan fingerprint density at radius 1 is 0.848 bits per heavy atom. The van der Waals surface area contributed by atoms with Gasteiger partial charge in [-0.3, -0.25) is 0 Å². The molecule has 2 aromatic carbocycles. The second kappa shape index (κ2) is 11.3. The number of unbranched alkanes of at least 4 members (excludes halogenated alkanes) is 1. The fourth-order valence-electron chi connectivity index (χ4n) is 4.42. The van der Waals surface area contributed by atoms with Gasteiger partial charge in [-0.1, -0.05) is 18.2 Å². The van der Waals surface area contributed by atoms with Crippen molar-refractivity contribution in [1.82, 2.24) is 13.4 Å². The first-order chi connectivity index (χ1) is 16.1. The molecular weight excluding hydrogens is 485 g/mol. The average Bonchev–Trinajstić information content (AvgIpc) is 3.17. The summed E-state index contributed by atoms with van der Waals surface area (Å²) in [6.07, 6.45) is 2.10. The molecule has 1 fully saturated rings. The van der Waals surface area contributed by atoms with Crippen LogP contribution >= 0.6 is 0 Å².